The van der Waals surface area contributed by atoms with Gasteiger partial charge in [-0.05, 0) is 36.4 Å². The summed E-state index contributed by atoms with van der Waals surface area (Å²) in [5.41, 5.74) is 6.62. The second-order valence-corrected chi connectivity index (χ2v) is 5.62. The smallest absolute Gasteiger partial charge is 0.269 e. The number of nitrogens with one attached hydrogen (secondary N) is 3. The number of para-hydroxylation sites is 2. The normalized spacial score (nSPS) is 11.1. The monoisotopic (exact) mass is 377 g/mol. The van der Waals surface area contributed by atoms with Crippen LogP contribution < -0.4 is 26.0 Å². The van der Waals surface area contributed by atoms with Gasteiger partial charge in [0.2, 0.25) is 5.88 Å². The molecule has 3 N–H and O–H groups in total. The summed E-state index contributed by atoms with van der Waals surface area (Å²) in [5.74, 6) is -0.114. The molecule has 0 aliphatic heterocycles. The molecule has 0 saturated carbocycles. The summed E-state index contributed by atoms with van der Waals surface area (Å²) in [5, 5.41) is 26.1. The van der Waals surface area contributed by atoms with E-state index in [1.165, 1.54) is 24.3 Å². The molecule has 8 nitrogen and oxygen atoms in total. The van der Waals surface area contributed by atoms with E-state index in [0.29, 0.717) is 17.1 Å². The summed E-state index contributed by atoms with van der Waals surface area (Å²) in [6, 6.07) is 23.5. The SMILES string of the molecule is O=[N+]([O-])c1ccc(NNC(Oc2ccccc2)=C([O-])Nc2ccccc2)cc1. The number of benzene rings is 3. The third kappa shape index (κ3) is 5.15. The van der Waals surface area contributed by atoms with E-state index in [-0.39, 0.29) is 11.6 Å². The molecule has 0 unspecified atom stereocenters. The Balaban J connectivity index is 1.77. The molecular weight excluding hydrogens is 360 g/mol. The number of anilines is 2. The third-order valence-electron chi connectivity index (χ3n) is 3.60. The van der Waals surface area contributed by atoms with Crippen molar-refractivity contribution in [3.8, 4) is 5.75 Å². The Labute approximate surface area is 161 Å². The van der Waals surface area contributed by atoms with E-state index >= 15 is 0 Å². The van der Waals surface area contributed by atoms with E-state index in [4.69, 9.17) is 4.74 Å². The molecule has 142 valence electrons. The molecule has 0 saturated heterocycles. The summed E-state index contributed by atoms with van der Waals surface area (Å²) in [6.07, 6.45) is 0. The van der Waals surface area contributed by atoms with Crippen molar-refractivity contribution in [3.63, 3.8) is 0 Å². The van der Waals surface area contributed by atoms with Crippen molar-refractivity contribution in [2.75, 3.05) is 10.7 Å². The lowest BCUT2D eigenvalue weighted by Crippen LogP contribution is -2.31. The lowest BCUT2D eigenvalue weighted by molar-refractivity contribution is -0.384. The largest absolute Gasteiger partial charge is 0.857 e. The Morgan fingerprint density at radius 1 is 0.821 bits per heavy atom. The Kier molecular flexibility index (Phi) is 5.94. The van der Waals surface area contributed by atoms with Gasteiger partial charge in [0, 0.05) is 23.7 Å². The van der Waals surface area contributed by atoms with Crippen LogP contribution in [0.25, 0.3) is 0 Å². The van der Waals surface area contributed by atoms with Crippen LogP contribution in [0.15, 0.2) is 96.7 Å². The Hall–Kier alpha value is -4.20. The molecule has 0 aliphatic rings. The van der Waals surface area contributed by atoms with Crippen molar-refractivity contribution >= 4 is 17.1 Å². The number of hydrazine groups is 1. The molecule has 0 bridgehead atoms. The minimum atomic E-state index is -0.496. The topological polar surface area (TPSA) is 112 Å². The van der Waals surface area contributed by atoms with Crippen molar-refractivity contribution in [2.24, 2.45) is 0 Å². The van der Waals surface area contributed by atoms with Crippen LogP contribution in [0.2, 0.25) is 0 Å². The maximum absolute atomic E-state index is 12.6. The van der Waals surface area contributed by atoms with E-state index in [1.54, 1.807) is 48.5 Å². The first-order chi connectivity index (χ1) is 13.6. The predicted molar refractivity (Wildman–Crippen MR) is 104 cm³/mol. The number of hydrogen-bond donors (Lipinski definition) is 3. The van der Waals surface area contributed by atoms with Gasteiger partial charge in [0.05, 0.1) is 10.6 Å². The number of nitrogens with zero attached hydrogens (tertiary/aromatic N) is 1. The van der Waals surface area contributed by atoms with Crippen molar-refractivity contribution < 1.29 is 14.8 Å². The highest BCUT2D eigenvalue weighted by molar-refractivity contribution is 5.49. The van der Waals surface area contributed by atoms with Crippen LogP contribution >= 0.6 is 0 Å². The number of ether oxygens (including phenoxy) is 1. The van der Waals surface area contributed by atoms with Crippen molar-refractivity contribution in [1.82, 2.24) is 5.43 Å². The highest BCUT2D eigenvalue weighted by Gasteiger charge is 2.06. The molecule has 3 rings (SSSR count). The first-order valence-corrected chi connectivity index (χ1v) is 8.34. The molecule has 8 heteroatoms. The zero-order valence-corrected chi connectivity index (χ0v) is 14.7. The van der Waals surface area contributed by atoms with Gasteiger partial charge in [-0.3, -0.25) is 21.0 Å². The molecule has 0 heterocycles. The number of nitro groups is 1. The maximum Gasteiger partial charge on any atom is 0.269 e. The first-order valence-electron chi connectivity index (χ1n) is 8.34. The third-order valence-corrected chi connectivity index (χ3v) is 3.60. The fraction of sp³-hybridized carbons (Fsp3) is 0. The summed E-state index contributed by atoms with van der Waals surface area (Å²) >= 11 is 0. The second-order valence-electron chi connectivity index (χ2n) is 5.62. The summed E-state index contributed by atoms with van der Waals surface area (Å²) in [6.45, 7) is 0. The Morgan fingerprint density at radius 2 is 1.43 bits per heavy atom. The molecule has 28 heavy (non-hydrogen) atoms. The van der Waals surface area contributed by atoms with E-state index in [0.717, 1.165) is 0 Å². The van der Waals surface area contributed by atoms with E-state index in [1.807, 2.05) is 12.1 Å². The van der Waals surface area contributed by atoms with Crippen LogP contribution in [0.3, 0.4) is 0 Å². The van der Waals surface area contributed by atoms with Crippen LogP contribution in [-0.2, 0) is 0 Å². The van der Waals surface area contributed by atoms with Gasteiger partial charge < -0.3 is 15.2 Å². The molecule has 0 spiro atoms. The lowest BCUT2D eigenvalue weighted by atomic mass is 10.3. The number of non-ortho nitro benzene ring substituents is 1. The zero-order chi connectivity index (χ0) is 19.8. The predicted octanol–water partition coefficient (Wildman–Crippen LogP) is 3.19. The average Bonchev–Trinajstić information content (AvgIpc) is 2.73. The van der Waals surface area contributed by atoms with Crippen LogP contribution in [0.4, 0.5) is 17.1 Å². The number of rotatable bonds is 8. The minimum Gasteiger partial charge on any atom is -0.857 e. The van der Waals surface area contributed by atoms with E-state index in [9.17, 15) is 15.2 Å². The molecule has 3 aromatic carbocycles. The summed E-state index contributed by atoms with van der Waals surface area (Å²) in [7, 11) is 0. The highest BCUT2D eigenvalue weighted by atomic mass is 16.6. The molecule has 3 aromatic rings. The quantitative estimate of drug-likeness (QED) is 0.314. The van der Waals surface area contributed by atoms with Gasteiger partial charge in [0.15, 0.2) is 0 Å². The van der Waals surface area contributed by atoms with Gasteiger partial charge in [-0.25, -0.2) is 0 Å². The van der Waals surface area contributed by atoms with Crippen LogP contribution in [0, 0.1) is 10.1 Å². The first kappa shape index (κ1) is 18.6. The molecule has 0 aliphatic carbocycles. The number of nitro benzene ring substituents is 1. The fourth-order valence-electron chi connectivity index (χ4n) is 2.24. The molecule has 0 aromatic heterocycles. The Morgan fingerprint density at radius 3 is 2.04 bits per heavy atom. The van der Waals surface area contributed by atoms with Gasteiger partial charge in [-0.15, -0.1) is 0 Å². The van der Waals surface area contributed by atoms with Crippen molar-refractivity contribution in [2.45, 2.75) is 0 Å². The van der Waals surface area contributed by atoms with E-state index in [2.05, 4.69) is 16.2 Å². The summed E-state index contributed by atoms with van der Waals surface area (Å²) < 4.78 is 5.65. The van der Waals surface area contributed by atoms with Gasteiger partial charge in [-0.1, -0.05) is 36.4 Å². The molecular formula is C20H17N4O4-. The van der Waals surface area contributed by atoms with Gasteiger partial charge in [-0.2, -0.15) is 0 Å². The maximum atomic E-state index is 12.6. The van der Waals surface area contributed by atoms with Crippen molar-refractivity contribution in [3.05, 3.63) is 107 Å². The van der Waals surface area contributed by atoms with Crippen molar-refractivity contribution in [1.29, 1.82) is 0 Å². The highest BCUT2D eigenvalue weighted by Crippen LogP contribution is 2.17. The molecule has 0 amide bonds. The van der Waals surface area contributed by atoms with Crippen LogP contribution in [0.1, 0.15) is 0 Å². The number of hydrogen-bond acceptors (Lipinski definition) is 7. The lowest BCUT2D eigenvalue weighted by Gasteiger charge is -2.22. The standard InChI is InChI=1S/C20H18N4O4/c25-19(21-15-7-3-1-4-8-15)20(28-18-9-5-2-6-10-18)23-22-16-11-13-17(14-12-16)24(26)27/h1-14,21-23,25H/p-1. The molecule has 0 radical (unpaired) electrons. The fourth-order valence-corrected chi connectivity index (χ4v) is 2.24. The molecule has 0 atom stereocenters. The van der Waals surface area contributed by atoms with Crippen LogP contribution in [0.5, 0.6) is 5.75 Å². The van der Waals surface area contributed by atoms with Crippen LogP contribution in [-0.4, -0.2) is 4.92 Å². The van der Waals surface area contributed by atoms with E-state index < -0.39 is 10.8 Å². The average molecular weight is 377 g/mol. The zero-order valence-electron chi connectivity index (χ0n) is 14.7. The van der Waals surface area contributed by atoms with Gasteiger partial charge in [0.1, 0.15) is 5.75 Å². The van der Waals surface area contributed by atoms with Gasteiger partial charge >= 0.3 is 0 Å². The minimum absolute atomic E-state index is 0.0305. The van der Waals surface area contributed by atoms with Gasteiger partial charge in [0.25, 0.3) is 5.69 Å². The second kappa shape index (κ2) is 8.95. The summed E-state index contributed by atoms with van der Waals surface area (Å²) in [4.78, 5) is 10.3. The Bertz CT molecular complexity index is 945. The molecule has 0 fully saturated rings.